The Morgan fingerprint density at radius 3 is 2.62 bits per heavy atom. The highest BCUT2D eigenvalue weighted by atomic mass is 16.5. The van der Waals surface area contributed by atoms with Crippen LogP contribution in [0.25, 0.3) is 0 Å². The molecule has 1 aromatic carbocycles. The van der Waals surface area contributed by atoms with Crippen molar-refractivity contribution in [2.75, 3.05) is 13.7 Å². The first-order valence-electron chi connectivity index (χ1n) is 8.31. The Hall–Kier alpha value is -2.96. The van der Waals surface area contributed by atoms with Crippen LogP contribution in [0.1, 0.15) is 46.9 Å². The molecular formula is C19H23NO6. The van der Waals surface area contributed by atoms with Crippen molar-refractivity contribution < 1.29 is 28.6 Å². The van der Waals surface area contributed by atoms with Crippen molar-refractivity contribution in [1.29, 1.82) is 0 Å². The summed E-state index contributed by atoms with van der Waals surface area (Å²) in [5.41, 5.74) is 0.375. The van der Waals surface area contributed by atoms with Gasteiger partial charge >= 0.3 is 5.97 Å². The molecule has 0 unspecified atom stereocenters. The molecule has 7 nitrogen and oxygen atoms in total. The maximum atomic E-state index is 12.5. The van der Waals surface area contributed by atoms with Crippen LogP contribution in [0.5, 0.6) is 11.5 Å². The van der Waals surface area contributed by atoms with Crippen LogP contribution in [0.15, 0.2) is 34.7 Å². The van der Waals surface area contributed by atoms with E-state index in [0.29, 0.717) is 35.3 Å². The quantitative estimate of drug-likeness (QED) is 0.711. The van der Waals surface area contributed by atoms with Crippen LogP contribution in [0.2, 0.25) is 0 Å². The highest BCUT2D eigenvalue weighted by molar-refractivity contribution is 5.97. The first kappa shape index (κ1) is 19.4. The van der Waals surface area contributed by atoms with E-state index in [0.717, 1.165) is 6.42 Å². The SMILES string of the molecule is COc1ccc(C(=O)NCc2ccc(C(=O)O)o2)c(OCCC(C)C)c1. The van der Waals surface area contributed by atoms with Gasteiger partial charge in [0.25, 0.3) is 5.91 Å². The number of carboxylic acid groups (broad SMARTS) is 1. The third kappa shape index (κ3) is 5.27. The highest BCUT2D eigenvalue weighted by Crippen LogP contribution is 2.25. The maximum Gasteiger partial charge on any atom is 0.371 e. The van der Waals surface area contributed by atoms with E-state index < -0.39 is 5.97 Å². The number of furan rings is 1. The smallest absolute Gasteiger partial charge is 0.371 e. The zero-order chi connectivity index (χ0) is 19.1. The van der Waals surface area contributed by atoms with E-state index in [-0.39, 0.29) is 18.2 Å². The molecule has 1 amide bonds. The molecule has 0 fully saturated rings. The van der Waals surface area contributed by atoms with Crippen molar-refractivity contribution in [3.05, 3.63) is 47.4 Å². The number of nitrogens with one attached hydrogen (secondary N) is 1. The van der Waals surface area contributed by atoms with Gasteiger partial charge in [-0.15, -0.1) is 0 Å². The molecule has 1 aromatic heterocycles. The summed E-state index contributed by atoms with van der Waals surface area (Å²) >= 11 is 0. The number of amides is 1. The third-order valence-electron chi connectivity index (χ3n) is 3.68. The van der Waals surface area contributed by atoms with Crippen molar-refractivity contribution in [3.8, 4) is 11.5 Å². The van der Waals surface area contributed by atoms with Crippen LogP contribution in [-0.2, 0) is 6.54 Å². The highest BCUT2D eigenvalue weighted by Gasteiger charge is 2.15. The monoisotopic (exact) mass is 361 g/mol. The van der Waals surface area contributed by atoms with E-state index in [2.05, 4.69) is 19.2 Å². The zero-order valence-electron chi connectivity index (χ0n) is 15.1. The second kappa shape index (κ2) is 8.94. The van der Waals surface area contributed by atoms with Crippen molar-refractivity contribution in [1.82, 2.24) is 5.32 Å². The number of aromatic carboxylic acids is 1. The predicted molar refractivity (Wildman–Crippen MR) is 94.8 cm³/mol. The lowest BCUT2D eigenvalue weighted by Gasteiger charge is -2.13. The fourth-order valence-corrected chi connectivity index (χ4v) is 2.19. The van der Waals surface area contributed by atoms with Crippen LogP contribution in [0.4, 0.5) is 0 Å². The van der Waals surface area contributed by atoms with Crippen LogP contribution in [-0.4, -0.2) is 30.7 Å². The number of hydrogen-bond donors (Lipinski definition) is 2. The van der Waals surface area contributed by atoms with E-state index in [1.807, 2.05) is 0 Å². The molecule has 140 valence electrons. The Balaban J connectivity index is 2.06. The van der Waals surface area contributed by atoms with Crippen molar-refractivity contribution in [2.24, 2.45) is 5.92 Å². The lowest BCUT2D eigenvalue weighted by molar-refractivity contribution is 0.0660. The van der Waals surface area contributed by atoms with Gasteiger partial charge in [-0.1, -0.05) is 13.8 Å². The first-order valence-corrected chi connectivity index (χ1v) is 8.31. The number of carboxylic acids is 1. The van der Waals surface area contributed by atoms with E-state index in [1.165, 1.54) is 12.1 Å². The van der Waals surface area contributed by atoms with Crippen molar-refractivity contribution in [3.63, 3.8) is 0 Å². The third-order valence-corrected chi connectivity index (χ3v) is 3.68. The first-order chi connectivity index (χ1) is 12.4. The van der Waals surface area contributed by atoms with Crippen molar-refractivity contribution >= 4 is 11.9 Å². The number of methoxy groups -OCH3 is 1. The molecule has 26 heavy (non-hydrogen) atoms. The van der Waals surface area contributed by atoms with Crippen molar-refractivity contribution in [2.45, 2.75) is 26.8 Å². The normalized spacial score (nSPS) is 10.6. The summed E-state index contributed by atoms with van der Waals surface area (Å²) in [6.07, 6.45) is 0.864. The molecule has 0 radical (unpaired) electrons. The van der Waals surface area contributed by atoms with Gasteiger partial charge < -0.3 is 24.3 Å². The predicted octanol–water partition coefficient (Wildman–Crippen LogP) is 3.34. The molecule has 1 heterocycles. The summed E-state index contributed by atoms with van der Waals surface area (Å²) in [5.74, 6) is 0.202. The van der Waals surface area contributed by atoms with Gasteiger partial charge in [0.1, 0.15) is 17.3 Å². The number of benzene rings is 1. The molecule has 0 atom stereocenters. The molecule has 0 aliphatic heterocycles. The van der Waals surface area contributed by atoms with Gasteiger partial charge in [-0.25, -0.2) is 4.79 Å². The van der Waals surface area contributed by atoms with E-state index in [1.54, 1.807) is 25.3 Å². The Bertz CT molecular complexity index is 765. The fourth-order valence-electron chi connectivity index (χ4n) is 2.19. The van der Waals surface area contributed by atoms with E-state index in [4.69, 9.17) is 19.0 Å². The van der Waals surface area contributed by atoms with Crippen LogP contribution >= 0.6 is 0 Å². The van der Waals surface area contributed by atoms with Crippen LogP contribution < -0.4 is 14.8 Å². The largest absolute Gasteiger partial charge is 0.497 e. The fraction of sp³-hybridized carbons (Fsp3) is 0.368. The molecule has 2 rings (SSSR count). The minimum absolute atomic E-state index is 0.0730. The Morgan fingerprint density at radius 2 is 2.00 bits per heavy atom. The average Bonchev–Trinajstić information content (AvgIpc) is 3.08. The molecule has 2 N–H and O–H groups in total. The van der Waals surface area contributed by atoms with E-state index in [9.17, 15) is 9.59 Å². The minimum atomic E-state index is -1.15. The minimum Gasteiger partial charge on any atom is -0.497 e. The zero-order valence-corrected chi connectivity index (χ0v) is 15.1. The Labute approximate surface area is 151 Å². The summed E-state index contributed by atoms with van der Waals surface area (Å²) in [7, 11) is 1.55. The molecule has 0 bridgehead atoms. The number of ether oxygens (including phenoxy) is 2. The second-order valence-corrected chi connectivity index (χ2v) is 6.15. The summed E-state index contributed by atoms with van der Waals surface area (Å²) in [6.45, 7) is 4.75. The summed E-state index contributed by atoms with van der Waals surface area (Å²) in [4.78, 5) is 23.3. The summed E-state index contributed by atoms with van der Waals surface area (Å²) in [6, 6.07) is 7.84. The molecule has 0 spiro atoms. The Morgan fingerprint density at radius 1 is 1.23 bits per heavy atom. The van der Waals surface area contributed by atoms with Crippen LogP contribution in [0, 0.1) is 5.92 Å². The Kier molecular flexibility index (Phi) is 6.66. The van der Waals surface area contributed by atoms with Gasteiger partial charge in [0, 0.05) is 6.07 Å². The molecular weight excluding hydrogens is 338 g/mol. The van der Waals surface area contributed by atoms with Gasteiger partial charge in [0.2, 0.25) is 5.76 Å². The van der Waals surface area contributed by atoms with E-state index >= 15 is 0 Å². The molecule has 0 saturated carbocycles. The number of carbonyl (C=O) groups is 2. The number of rotatable bonds is 9. The standard InChI is InChI=1S/C19H23NO6/c1-12(2)8-9-25-17-10-13(24-3)4-6-15(17)18(21)20-11-14-5-7-16(26-14)19(22)23/h4-7,10,12H,8-9,11H2,1-3H3,(H,20,21)(H,22,23). The molecule has 2 aromatic rings. The van der Waals surface area contributed by atoms with Gasteiger partial charge in [0.05, 0.1) is 25.8 Å². The second-order valence-electron chi connectivity index (χ2n) is 6.15. The molecule has 0 aliphatic carbocycles. The number of hydrogen-bond acceptors (Lipinski definition) is 5. The van der Waals surface area contributed by atoms with Gasteiger partial charge in [-0.05, 0) is 36.6 Å². The summed E-state index contributed by atoms with van der Waals surface area (Å²) < 4.78 is 16.1. The number of carbonyl (C=O) groups excluding carboxylic acids is 1. The van der Waals surface area contributed by atoms with Gasteiger partial charge in [-0.3, -0.25) is 4.79 Å². The maximum absolute atomic E-state index is 12.5. The molecule has 0 saturated heterocycles. The molecule has 0 aliphatic rings. The lowest BCUT2D eigenvalue weighted by Crippen LogP contribution is -2.23. The van der Waals surface area contributed by atoms with Gasteiger partial charge in [0.15, 0.2) is 0 Å². The lowest BCUT2D eigenvalue weighted by atomic mass is 10.1. The molecule has 7 heteroatoms. The van der Waals surface area contributed by atoms with Gasteiger partial charge in [-0.2, -0.15) is 0 Å². The van der Waals surface area contributed by atoms with Crippen LogP contribution in [0.3, 0.4) is 0 Å². The topological polar surface area (TPSA) is 98.0 Å². The summed E-state index contributed by atoms with van der Waals surface area (Å²) in [5, 5.41) is 11.5. The average molecular weight is 361 g/mol.